The lowest BCUT2D eigenvalue weighted by Gasteiger charge is -2.33. The standard InChI is InChI=1S/C26H18F3N3O5S/c27-26(28,29)25(34,17-10-12-22-16(14-17)15-31-32(22)18-6-2-1-3-7-18)21-11-13-23(38(35,36)37-24(30)33)20-9-5-4-8-19(20)21/h1-15,34H,(H2,30,33). The molecule has 4 aromatic carbocycles. The zero-order chi connectivity index (χ0) is 27.3. The third-order valence-electron chi connectivity index (χ3n) is 6.13. The van der Waals surface area contributed by atoms with Crippen LogP contribution in [0.2, 0.25) is 0 Å². The van der Waals surface area contributed by atoms with Gasteiger partial charge in [-0.2, -0.15) is 26.7 Å². The van der Waals surface area contributed by atoms with Crippen molar-refractivity contribution < 1.29 is 35.7 Å². The first-order chi connectivity index (χ1) is 17.9. The fourth-order valence-electron chi connectivity index (χ4n) is 4.46. The third-order valence-corrected chi connectivity index (χ3v) is 7.41. The highest BCUT2D eigenvalue weighted by Gasteiger charge is 2.57. The second kappa shape index (κ2) is 8.85. The molecule has 0 bridgehead atoms. The van der Waals surface area contributed by atoms with Gasteiger partial charge in [0, 0.05) is 16.3 Å². The van der Waals surface area contributed by atoms with Crippen molar-refractivity contribution >= 4 is 37.9 Å². The number of aliphatic hydroxyl groups is 1. The molecule has 3 N–H and O–H groups in total. The summed E-state index contributed by atoms with van der Waals surface area (Å²) in [5.41, 5.74) is 1.39. The lowest BCUT2D eigenvalue weighted by molar-refractivity contribution is -0.247. The van der Waals surface area contributed by atoms with E-state index in [0.717, 1.165) is 18.2 Å². The molecule has 0 aliphatic heterocycles. The Kier molecular flexibility index (Phi) is 5.88. The average molecular weight is 542 g/mol. The number of fused-ring (bicyclic) bond motifs is 2. The number of aromatic nitrogens is 2. The first-order valence-corrected chi connectivity index (χ1v) is 12.4. The number of rotatable bonds is 5. The van der Waals surface area contributed by atoms with Crippen molar-refractivity contribution in [3.63, 3.8) is 0 Å². The lowest BCUT2D eigenvalue weighted by atomic mass is 9.82. The minimum Gasteiger partial charge on any atom is -0.372 e. The van der Waals surface area contributed by atoms with Crippen LogP contribution in [0.25, 0.3) is 27.4 Å². The summed E-state index contributed by atoms with van der Waals surface area (Å²) in [4.78, 5) is 10.5. The van der Waals surface area contributed by atoms with Gasteiger partial charge in [0.25, 0.3) is 0 Å². The van der Waals surface area contributed by atoms with Gasteiger partial charge in [-0.05, 0) is 41.3 Å². The monoisotopic (exact) mass is 541 g/mol. The average Bonchev–Trinajstić information content (AvgIpc) is 3.30. The van der Waals surface area contributed by atoms with Crippen molar-refractivity contribution in [2.24, 2.45) is 5.73 Å². The van der Waals surface area contributed by atoms with E-state index in [1.54, 1.807) is 28.9 Å². The zero-order valence-corrected chi connectivity index (χ0v) is 20.1. The molecule has 38 heavy (non-hydrogen) atoms. The predicted molar refractivity (Wildman–Crippen MR) is 132 cm³/mol. The Morgan fingerprint density at radius 3 is 2.24 bits per heavy atom. The van der Waals surface area contributed by atoms with Crippen LogP contribution in [0, 0.1) is 0 Å². The van der Waals surface area contributed by atoms with Gasteiger partial charge < -0.3 is 15.0 Å². The van der Waals surface area contributed by atoms with Crippen LogP contribution in [-0.2, 0) is 19.9 Å². The molecule has 5 rings (SSSR count). The Balaban J connectivity index is 1.73. The number of carbonyl (C=O) groups is 1. The molecular formula is C26H18F3N3O5S. The van der Waals surface area contributed by atoms with E-state index in [2.05, 4.69) is 9.28 Å². The molecule has 0 saturated carbocycles. The van der Waals surface area contributed by atoms with E-state index in [0.29, 0.717) is 16.6 Å². The summed E-state index contributed by atoms with van der Waals surface area (Å²) in [7, 11) is -4.75. The lowest BCUT2D eigenvalue weighted by Crippen LogP contribution is -2.43. The minimum atomic E-state index is -5.22. The number of carbonyl (C=O) groups excluding carboxylic acids is 1. The quantitative estimate of drug-likeness (QED) is 0.309. The van der Waals surface area contributed by atoms with Crippen LogP contribution in [0.1, 0.15) is 11.1 Å². The van der Waals surface area contributed by atoms with Crippen LogP contribution in [0.3, 0.4) is 0 Å². The fourth-order valence-corrected chi connectivity index (χ4v) is 5.45. The number of benzene rings is 4. The van der Waals surface area contributed by atoms with Gasteiger partial charge in [-0.25, -0.2) is 9.48 Å². The number of nitrogens with two attached hydrogens (primary N) is 1. The topological polar surface area (TPSA) is 125 Å². The fraction of sp³-hybridized carbons (Fsp3) is 0.0769. The molecule has 0 spiro atoms. The smallest absolute Gasteiger partial charge is 0.372 e. The van der Waals surface area contributed by atoms with Crippen molar-refractivity contribution in [1.82, 2.24) is 9.78 Å². The van der Waals surface area contributed by atoms with Crippen LogP contribution in [0.5, 0.6) is 0 Å². The van der Waals surface area contributed by atoms with Crippen LogP contribution < -0.4 is 5.73 Å². The van der Waals surface area contributed by atoms with E-state index >= 15 is 0 Å². The first-order valence-electron chi connectivity index (χ1n) is 11.0. The second-order valence-electron chi connectivity index (χ2n) is 8.39. The Hall–Kier alpha value is -4.42. The summed E-state index contributed by atoms with van der Waals surface area (Å²) in [6.45, 7) is 0. The van der Waals surface area contributed by atoms with Crippen LogP contribution in [0.15, 0.2) is 96.0 Å². The molecule has 1 unspecified atom stereocenters. The number of halogens is 3. The molecular weight excluding hydrogens is 523 g/mol. The Morgan fingerprint density at radius 2 is 1.58 bits per heavy atom. The molecule has 194 valence electrons. The van der Waals surface area contributed by atoms with E-state index in [-0.39, 0.29) is 10.8 Å². The highest BCUT2D eigenvalue weighted by atomic mass is 32.2. The van der Waals surface area contributed by atoms with Crippen molar-refractivity contribution in [3.05, 3.63) is 102 Å². The predicted octanol–water partition coefficient (Wildman–Crippen LogP) is 4.76. The normalized spacial score (nSPS) is 13.9. The number of amides is 1. The van der Waals surface area contributed by atoms with Crippen LogP contribution >= 0.6 is 0 Å². The summed E-state index contributed by atoms with van der Waals surface area (Å²) in [5.74, 6) is 0. The number of alkyl halides is 3. The van der Waals surface area contributed by atoms with Gasteiger partial charge in [0.15, 0.2) is 0 Å². The van der Waals surface area contributed by atoms with Crippen molar-refractivity contribution in [1.29, 1.82) is 0 Å². The highest BCUT2D eigenvalue weighted by molar-refractivity contribution is 7.87. The van der Waals surface area contributed by atoms with Crippen molar-refractivity contribution in [2.75, 3.05) is 0 Å². The summed E-state index contributed by atoms with van der Waals surface area (Å²) in [5, 5.41) is 15.6. The van der Waals surface area contributed by atoms with E-state index in [1.165, 1.54) is 42.6 Å². The Bertz CT molecular complexity index is 1800. The van der Waals surface area contributed by atoms with Gasteiger partial charge >= 0.3 is 22.4 Å². The molecule has 0 aliphatic carbocycles. The summed E-state index contributed by atoms with van der Waals surface area (Å²) in [6, 6.07) is 19.7. The molecule has 8 nitrogen and oxygen atoms in total. The van der Waals surface area contributed by atoms with Gasteiger partial charge in [0.1, 0.15) is 4.90 Å². The molecule has 1 heterocycles. The number of primary amides is 1. The van der Waals surface area contributed by atoms with Gasteiger partial charge in [-0.3, -0.25) is 0 Å². The molecule has 1 amide bonds. The van der Waals surface area contributed by atoms with E-state index in [4.69, 9.17) is 5.73 Å². The number of hydrogen-bond donors (Lipinski definition) is 2. The van der Waals surface area contributed by atoms with Crippen LogP contribution in [-0.4, -0.2) is 35.6 Å². The van der Waals surface area contributed by atoms with Gasteiger partial charge in [0.2, 0.25) is 5.60 Å². The Labute approximate surface area is 213 Å². The minimum absolute atomic E-state index is 0.202. The number of nitrogens with zero attached hydrogens (tertiary/aromatic N) is 2. The molecule has 0 saturated heterocycles. The van der Waals surface area contributed by atoms with Gasteiger partial charge in [-0.1, -0.05) is 54.6 Å². The molecule has 0 fully saturated rings. The molecule has 12 heteroatoms. The van der Waals surface area contributed by atoms with Crippen molar-refractivity contribution in [3.8, 4) is 5.69 Å². The molecule has 1 atom stereocenters. The molecule has 0 aliphatic rings. The molecule has 1 aromatic heterocycles. The van der Waals surface area contributed by atoms with E-state index < -0.39 is 44.0 Å². The highest BCUT2D eigenvalue weighted by Crippen LogP contribution is 2.47. The maximum atomic E-state index is 14.7. The molecule has 5 aromatic rings. The van der Waals surface area contributed by atoms with Crippen LogP contribution in [0.4, 0.5) is 18.0 Å². The van der Waals surface area contributed by atoms with E-state index in [9.17, 15) is 31.5 Å². The maximum Gasteiger partial charge on any atom is 0.425 e. The second-order valence-corrected chi connectivity index (χ2v) is 9.90. The van der Waals surface area contributed by atoms with Crippen molar-refractivity contribution in [2.45, 2.75) is 16.7 Å². The first kappa shape index (κ1) is 25.2. The summed E-state index contributed by atoms with van der Waals surface area (Å²) < 4.78 is 75.0. The summed E-state index contributed by atoms with van der Waals surface area (Å²) >= 11 is 0. The Morgan fingerprint density at radius 1 is 0.921 bits per heavy atom. The van der Waals surface area contributed by atoms with Gasteiger partial charge in [0.05, 0.1) is 17.4 Å². The maximum absolute atomic E-state index is 14.7. The summed E-state index contributed by atoms with van der Waals surface area (Å²) in [6.07, 6.45) is -5.44. The van der Waals surface area contributed by atoms with Gasteiger partial charge in [-0.15, -0.1) is 0 Å². The molecule has 0 radical (unpaired) electrons. The SMILES string of the molecule is NC(=O)OS(=O)(=O)c1ccc(C(O)(c2ccc3c(cnn3-c3ccccc3)c2)C(F)(F)F)c2ccccc12. The number of hydrogen-bond acceptors (Lipinski definition) is 6. The van der Waals surface area contributed by atoms with E-state index in [1.807, 2.05) is 6.07 Å². The largest absolute Gasteiger partial charge is 0.425 e. The number of para-hydroxylation sites is 1. The zero-order valence-electron chi connectivity index (χ0n) is 19.3. The third kappa shape index (κ3) is 4.03.